The Balaban J connectivity index is 1.30. The number of aromatic nitrogens is 2. The molecule has 1 aromatic rings. The van der Waals surface area contributed by atoms with Gasteiger partial charge in [0.2, 0.25) is 0 Å². The van der Waals surface area contributed by atoms with E-state index in [4.69, 9.17) is 0 Å². The number of likely N-dealkylation sites (tertiary alicyclic amines) is 1. The van der Waals surface area contributed by atoms with Gasteiger partial charge in [0.15, 0.2) is 5.69 Å². The van der Waals surface area contributed by atoms with Gasteiger partial charge < -0.3 is 10.2 Å². The predicted octanol–water partition coefficient (Wildman–Crippen LogP) is 2.38. The first kappa shape index (κ1) is 16.5. The van der Waals surface area contributed by atoms with E-state index in [1.807, 2.05) is 0 Å². The molecule has 0 unspecified atom stereocenters. The van der Waals surface area contributed by atoms with Gasteiger partial charge >= 0.3 is 0 Å². The highest BCUT2D eigenvalue weighted by Crippen LogP contribution is 2.25. The fourth-order valence-electron chi connectivity index (χ4n) is 4.38. The van der Waals surface area contributed by atoms with Crippen LogP contribution in [0.15, 0.2) is 0 Å². The van der Waals surface area contributed by atoms with Crippen molar-refractivity contribution < 1.29 is 4.79 Å². The molecular formula is C18H28N4OS. The molecule has 2 saturated heterocycles. The molecule has 1 aliphatic carbocycles. The zero-order chi connectivity index (χ0) is 16.4. The normalized spacial score (nSPS) is 23.8. The topological polar surface area (TPSA) is 61.0 Å². The largest absolute Gasteiger partial charge is 0.348 e. The van der Waals surface area contributed by atoms with E-state index in [2.05, 4.69) is 32.2 Å². The number of amides is 1. The number of fused-ring (bicyclic) bond motifs is 1. The summed E-state index contributed by atoms with van der Waals surface area (Å²) >= 11 is 2.09. The smallest absolute Gasteiger partial charge is 0.272 e. The van der Waals surface area contributed by atoms with E-state index < -0.39 is 0 Å². The van der Waals surface area contributed by atoms with Gasteiger partial charge in [-0.3, -0.25) is 9.89 Å². The Morgan fingerprint density at radius 2 is 1.88 bits per heavy atom. The Morgan fingerprint density at radius 3 is 2.67 bits per heavy atom. The van der Waals surface area contributed by atoms with Crippen LogP contribution in [0.5, 0.6) is 0 Å². The Bertz CT molecular complexity index is 574. The fraction of sp³-hybridized carbons (Fsp3) is 0.778. The molecule has 0 atom stereocenters. The van der Waals surface area contributed by atoms with Crippen molar-refractivity contribution in [2.45, 2.75) is 63.5 Å². The number of rotatable bonds is 3. The van der Waals surface area contributed by atoms with Crippen molar-refractivity contribution in [3.8, 4) is 0 Å². The maximum Gasteiger partial charge on any atom is 0.272 e. The number of aryl methyl sites for hydroxylation is 1. The summed E-state index contributed by atoms with van der Waals surface area (Å²) in [5.41, 5.74) is 2.99. The second-order valence-corrected chi connectivity index (χ2v) is 8.59. The number of nitrogens with one attached hydrogen (secondary N) is 2. The summed E-state index contributed by atoms with van der Waals surface area (Å²) in [6.45, 7) is 2.25. The molecule has 132 valence electrons. The SMILES string of the molecule is O=C(NC1CCN(C2CCSCC2)CC1)c1n[nH]c2c1CCCC2. The third kappa shape index (κ3) is 3.49. The third-order valence-corrected chi connectivity index (χ3v) is 6.89. The molecule has 0 saturated carbocycles. The second kappa shape index (κ2) is 7.48. The number of nitrogens with zero attached hydrogens (tertiary/aromatic N) is 2. The summed E-state index contributed by atoms with van der Waals surface area (Å²) in [5.74, 6) is 2.65. The van der Waals surface area contributed by atoms with Crippen LogP contribution in [0.4, 0.5) is 0 Å². The van der Waals surface area contributed by atoms with E-state index in [-0.39, 0.29) is 5.91 Å². The van der Waals surface area contributed by atoms with E-state index in [1.165, 1.54) is 42.9 Å². The van der Waals surface area contributed by atoms with E-state index in [1.54, 1.807) is 0 Å². The molecule has 3 aliphatic rings. The molecule has 2 fully saturated rings. The summed E-state index contributed by atoms with van der Waals surface area (Å²) in [6, 6.07) is 1.09. The van der Waals surface area contributed by atoms with Gasteiger partial charge in [0, 0.05) is 36.4 Å². The van der Waals surface area contributed by atoms with E-state index in [0.29, 0.717) is 11.7 Å². The minimum atomic E-state index is 0.0296. The summed E-state index contributed by atoms with van der Waals surface area (Å²) in [6.07, 6.45) is 9.21. The van der Waals surface area contributed by atoms with Crippen LogP contribution < -0.4 is 5.32 Å². The maximum atomic E-state index is 12.6. The van der Waals surface area contributed by atoms with Crippen molar-refractivity contribution in [1.82, 2.24) is 20.4 Å². The second-order valence-electron chi connectivity index (χ2n) is 7.36. The van der Waals surface area contributed by atoms with Crippen LogP contribution in [0.1, 0.15) is 60.3 Å². The number of thioether (sulfide) groups is 1. The van der Waals surface area contributed by atoms with Gasteiger partial charge in [0.05, 0.1) is 0 Å². The van der Waals surface area contributed by atoms with Crippen LogP contribution in [-0.4, -0.2) is 57.7 Å². The molecule has 2 N–H and O–H groups in total. The van der Waals surface area contributed by atoms with Crippen LogP contribution in [-0.2, 0) is 12.8 Å². The average Bonchev–Trinajstić information content (AvgIpc) is 3.07. The van der Waals surface area contributed by atoms with Gasteiger partial charge in [-0.15, -0.1) is 0 Å². The molecule has 2 aliphatic heterocycles. The molecule has 4 rings (SSSR count). The first-order valence-corrected chi connectivity index (χ1v) is 10.7. The number of hydrogen-bond donors (Lipinski definition) is 2. The fourth-order valence-corrected chi connectivity index (χ4v) is 5.46. The molecule has 6 heteroatoms. The van der Waals surface area contributed by atoms with Crippen LogP contribution in [0.3, 0.4) is 0 Å². The molecule has 1 amide bonds. The van der Waals surface area contributed by atoms with Gasteiger partial charge in [0.1, 0.15) is 0 Å². The van der Waals surface area contributed by atoms with Gasteiger partial charge in [-0.2, -0.15) is 16.9 Å². The molecule has 0 radical (unpaired) electrons. The van der Waals surface area contributed by atoms with Gasteiger partial charge in [0.25, 0.3) is 5.91 Å². The average molecular weight is 349 g/mol. The zero-order valence-electron chi connectivity index (χ0n) is 14.4. The van der Waals surface area contributed by atoms with Crippen LogP contribution >= 0.6 is 11.8 Å². The quantitative estimate of drug-likeness (QED) is 0.880. The Kier molecular flexibility index (Phi) is 5.13. The summed E-state index contributed by atoms with van der Waals surface area (Å²) in [5, 5.41) is 10.6. The minimum absolute atomic E-state index is 0.0296. The molecule has 1 aromatic heterocycles. The lowest BCUT2D eigenvalue weighted by atomic mass is 9.95. The van der Waals surface area contributed by atoms with Crippen molar-refractivity contribution in [3.63, 3.8) is 0 Å². The molecule has 5 nitrogen and oxygen atoms in total. The number of piperidine rings is 1. The van der Waals surface area contributed by atoms with Gasteiger partial charge in [-0.05, 0) is 62.9 Å². The van der Waals surface area contributed by atoms with Gasteiger partial charge in [-0.1, -0.05) is 0 Å². The molecule has 3 heterocycles. The Morgan fingerprint density at radius 1 is 1.12 bits per heavy atom. The molecule has 0 bridgehead atoms. The number of hydrogen-bond acceptors (Lipinski definition) is 4. The number of H-pyrrole nitrogens is 1. The van der Waals surface area contributed by atoms with Crippen molar-refractivity contribution >= 4 is 17.7 Å². The van der Waals surface area contributed by atoms with E-state index in [0.717, 1.165) is 50.4 Å². The lowest BCUT2D eigenvalue weighted by Crippen LogP contribution is -2.48. The van der Waals surface area contributed by atoms with Crippen molar-refractivity contribution in [2.24, 2.45) is 0 Å². The Hall–Kier alpha value is -1.01. The maximum absolute atomic E-state index is 12.6. The zero-order valence-corrected chi connectivity index (χ0v) is 15.2. The lowest BCUT2D eigenvalue weighted by molar-refractivity contribution is 0.0880. The molecular weight excluding hydrogens is 320 g/mol. The highest BCUT2D eigenvalue weighted by molar-refractivity contribution is 7.99. The molecule has 0 spiro atoms. The number of carbonyl (C=O) groups is 1. The van der Waals surface area contributed by atoms with Crippen LogP contribution in [0.25, 0.3) is 0 Å². The lowest BCUT2D eigenvalue weighted by Gasteiger charge is -2.39. The highest BCUT2D eigenvalue weighted by atomic mass is 32.2. The minimum Gasteiger partial charge on any atom is -0.348 e. The Labute approximate surface area is 148 Å². The summed E-state index contributed by atoms with van der Waals surface area (Å²) < 4.78 is 0. The third-order valence-electron chi connectivity index (χ3n) is 5.84. The number of aromatic amines is 1. The van der Waals surface area contributed by atoms with Crippen LogP contribution in [0, 0.1) is 0 Å². The standard InChI is InChI=1S/C18H28N4OS/c23-18(17-15-3-1-2-4-16(15)20-21-17)19-13-5-9-22(10-6-13)14-7-11-24-12-8-14/h13-14H,1-12H2,(H,19,23)(H,20,21). The number of carbonyl (C=O) groups excluding carboxylic acids is 1. The molecule has 0 aromatic carbocycles. The first-order chi connectivity index (χ1) is 11.8. The van der Waals surface area contributed by atoms with Gasteiger partial charge in [-0.25, -0.2) is 0 Å². The van der Waals surface area contributed by atoms with E-state index >= 15 is 0 Å². The van der Waals surface area contributed by atoms with Crippen molar-refractivity contribution in [2.75, 3.05) is 24.6 Å². The monoisotopic (exact) mass is 348 g/mol. The predicted molar refractivity (Wildman–Crippen MR) is 97.6 cm³/mol. The van der Waals surface area contributed by atoms with E-state index in [9.17, 15) is 4.79 Å². The van der Waals surface area contributed by atoms with Crippen LogP contribution in [0.2, 0.25) is 0 Å². The summed E-state index contributed by atoms with van der Waals surface area (Å²) in [7, 11) is 0. The van der Waals surface area contributed by atoms with Crippen molar-refractivity contribution in [3.05, 3.63) is 17.0 Å². The molecule has 24 heavy (non-hydrogen) atoms. The highest BCUT2D eigenvalue weighted by Gasteiger charge is 2.28. The first-order valence-electron chi connectivity index (χ1n) is 9.50. The summed E-state index contributed by atoms with van der Waals surface area (Å²) in [4.78, 5) is 15.3. The van der Waals surface area contributed by atoms with Crippen molar-refractivity contribution in [1.29, 1.82) is 0 Å².